The number of nitrogens with zero attached hydrogens (tertiary/aromatic N) is 1. The molecule has 0 N–H and O–H groups in total. The molecule has 0 saturated heterocycles. The Hall–Kier alpha value is -2.62. The summed E-state index contributed by atoms with van der Waals surface area (Å²) in [5.41, 5.74) is 0.643. The number of hydrogen-bond donors (Lipinski definition) is 0. The number of nitriles is 1. The van der Waals surface area contributed by atoms with Crippen molar-refractivity contribution in [2.45, 2.75) is 6.92 Å². The van der Waals surface area contributed by atoms with E-state index in [1.54, 1.807) is 6.07 Å². The fourth-order valence-electron chi connectivity index (χ4n) is 2.17. The minimum atomic E-state index is -0.309. The largest absolute Gasteiger partial charge is 0.491 e. The monoisotopic (exact) mass is 343 g/mol. The molecule has 25 heavy (non-hydrogen) atoms. The molecular weight excluding hydrogens is 322 g/mol. The van der Waals surface area contributed by atoms with Gasteiger partial charge in [0.2, 0.25) is 0 Å². The van der Waals surface area contributed by atoms with Crippen molar-refractivity contribution in [2.24, 2.45) is 0 Å². The molecule has 0 aliphatic heterocycles. The first kappa shape index (κ1) is 18.7. The van der Waals surface area contributed by atoms with Gasteiger partial charge in [0, 0.05) is 6.92 Å². The number of carbonyl (C=O) groups excluding carboxylic acids is 1. The number of benzene rings is 2. The first-order valence-corrected chi connectivity index (χ1v) is 8.04. The van der Waals surface area contributed by atoms with Crippen LogP contribution in [0.25, 0.3) is 10.8 Å². The summed E-state index contributed by atoms with van der Waals surface area (Å²) in [6.07, 6.45) is 0. The van der Waals surface area contributed by atoms with Crippen LogP contribution in [0, 0.1) is 11.3 Å². The second-order valence-corrected chi connectivity index (χ2v) is 5.25. The third-order valence-corrected chi connectivity index (χ3v) is 3.34. The molecule has 0 aliphatic carbocycles. The average Bonchev–Trinajstić information content (AvgIpc) is 2.62. The lowest BCUT2D eigenvalue weighted by molar-refractivity contribution is -0.142. The Morgan fingerprint density at radius 1 is 0.920 bits per heavy atom. The molecule has 0 atom stereocenters. The number of carbonyl (C=O) groups is 1. The lowest BCUT2D eigenvalue weighted by Gasteiger charge is -2.09. The molecule has 6 heteroatoms. The quantitative estimate of drug-likeness (QED) is 0.487. The Morgan fingerprint density at radius 3 is 2.28 bits per heavy atom. The van der Waals surface area contributed by atoms with Gasteiger partial charge in [-0.15, -0.1) is 0 Å². The zero-order valence-corrected chi connectivity index (χ0v) is 14.2. The van der Waals surface area contributed by atoms with Gasteiger partial charge in [0.1, 0.15) is 19.0 Å². The van der Waals surface area contributed by atoms with Crippen LogP contribution in [0.3, 0.4) is 0 Å². The molecule has 2 aromatic rings. The third kappa shape index (κ3) is 6.79. The molecule has 0 amide bonds. The van der Waals surface area contributed by atoms with Crippen molar-refractivity contribution in [1.29, 1.82) is 5.26 Å². The van der Waals surface area contributed by atoms with E-state index in [2.05, 4.69) is 6.07 Å². The Labute approximate surface area is 146 Å². The lowest BCUT2D eigenvalue weighted by atomic mass is 10.1. The Kier molecular flexibility index (Phi) is 7.70. The molecule has 2 aromatic carbocycles. The van der Waals surface area contributed by atoms with Crippen molar-refractivity contribution in [3.8, 4) is 11.8 Å². The Balaban J connectivity index is 1.60. The Morgan fingerprint density at radius 2 is 1.56 bits per heavy atom. The molecule has 6 nitrogen and oxygen atoms in total. The van der Waals surface area contributed by atoms with Gasteiger partial charge in [-0.2, -0.15) is 5.26 Å². The molecule has 0 heterocycles. The van der Waals surface area contributed by atoms with Crippen LogP contribution in [0.2, 0.25) is 0 Å². The van der Waals surface area contributed by atoms with Crippen molar-refractivity contribution in [2.75, 3.05) is 39.6 Å². The number of fused-ring (bicyclic) bond motifs is 1. The molecule has 0 aliphatic rings. The standard InChI is InChI=1S/C19H21NO5/c1-15(21)24-10-8-22-6-7-23-9-11-25-19-5-4-17-12-16(14-20)2-3-18(17)13-19/h2-5,12-13H,6-11H2,1H3. The topological polar surface area (TPSA) is 77.8 Å². The maximum Gasteiger partial charge on any atom is 0.302 e. The molecule has 0 unspecified atom stereocenters. The SMILES string of the molecule is CC(=O)OCCOCCOCCOc1ccc2cc(C#N)ccc2c1. The van der Waals surface area contributed by atoms with Crippen molar-refractivity contribution in [3.63, 3.8) is 0 Å². The molecule has 0 spiro atoms. The van der Waals surface area contributed by atoms with E-state index < -0.39 is 0 Å². The predicted molar refractivity (Wildman–Crippen MR) is 92.4 cm³/mol. The van der Waals surface area contributed by atoms with Gasteiger partial charge in [-0.05, 0) is 35.0 Å². The van der Waals surface area contributed by atoms with Crippen LogP contribution in [0.1, 0.15) is 12.5 Å². The van der Waals surface area contributed by atoms with E-state index in [4.69, 9.17) is 24.2 Å². The molecule has 0 fully saturated rings. The van der Waals surface area contributed by atoms with Gasteiger partial charge in [-0.3, -0.25) is 4.79 Å². The van der Waals surface area contributed by atoms with Gasteiger partial charge in [-0.1, -0.05) is 12.1 Å². The van der Waals surface area contributed by atoms with E-state index in [-0.39, 0.29) is 12.6 Å². The van der Waals surface area contributed by atoms with Crippen LogP contribution in [0.5, 0.6) is 5.75 Å². The highest BCUT2D eigenvalue weighted by Gasteiger charge is 2.00. The van der Waals surface area contributed by atoms with E-state index in [0.29, 0.717) is 38.6 Å². The predicted octanol–water partition coefficient (Wildman–Crippen LogP) is 2.69. The van der Waals surface area contributed by atoms with Gasteiger partial charge < -0.3 is 18.9 Å². The summed E-state index contributed by atoms with van der Waals surface area (Å²) in [5, 5.41) is 10.9. The van der Waals surface area contributed by atoms with Crippen LogP contribution in [0.4, 0.5) is 0 Å². The maximum absolute atomic E-state index is 10.5. The molecule has 0 aromatic heterocycles. The second kappa shape index (κ2) is 10.3. The number of ether oxygens (including phenoxy) is 4. The molecule has 2 rings (SSSR count). The van der Waals surface area contributed by atoms with Crippen molar-refractivity contribution < 1.29 is 23.7 Å². The van der Waals surface area contributed by atoms with Crippen LogP contribution in [-0.4, -0.2) is 45.6 Å². The van der Waals surface area contributed by atoms with Crippen molar-refractivity contribution >= 4 is 16.7 Å². The highest BCUT2D eigenvalue weighted by molar-refractivity contribution is 5.85. The summed E-state index contributed by atoms with van der Waals surface area (Å²) in [7, 11) is 0. The molecule has 0 radical (unpaired) electrons. The maximum atomic E-state index is 10.5. The third-order valence-electron chi connectivity index (χ3n) is 3.34. The van der Waals surface area contributed by atoms with Crippen molar-refractivity contribution in [3.05, 3.63) is 42.0 Å². The summed E-state index contributed by atoms with van der Waals surface area (Å²) < 4.78 is 21.0. The minimum absolute atomic E-state index is 0.260. The molecular formula is C19H21NO5. The fourth-order valence-corrected chi connectivity index (χ4v) is 2.17. The van der Waals surface area contributed by atoms with Gasteiger partial charge in [0.25, 0.3) is 0 Å². The van der Waals surface area contributed by atoms with Crippen LogP contribution in [-0.2, 0) is 19.0 Å². The summed E-state index contributed by atoms with van der Waals surface area (Å²) in [5.74, 6) is 0.453. The highest BCUT2D eigenvalue weighted by atomic mass is 16.6. The van der Waals surface area contributed by atoms with Crippen LogP contribution >= 0.6 is 0 Å². The van der Waals surface area contributed by atoms with E-state index in [9.17, 15) is 4.79 Å². The van der Waals surface area contributed by atoms with Gasteiger partial charge in [-0.25, -0.2) is 0 Å². The van der Waals surface area contributed by atoms with E-state index >= 15 is 0 Å². The smallest absolute Gasteiger partial charge is 0.302 e. The summed E-state index contributed by atoms with van der Waals surface area (Å²) in [6.45, 7) is 3.78. The zero-order valence-electron chi connectivity index (χ0n) is 14.2. The first-order valence-electron chi connectivity index (χ1n) is 8.04. The second-order valence-electron chi connectivity index (χ2n) is 5.25. The first-order chi connectivity index (χ1) is 12.2. The van der Waals surface area contributed by atoms with Gasteiger partial charge in [0.05, 0.1) is 38.1 Å². The highest BCUT2D eigenvalue weighted by Crippen LogP contribution is 2.21. The van der Waals surface area contributed by atoms with E-state index in [0.717, 1.165) is 16.5 Å². The van der Waals surface area contributed by atoms with Crippen LogP contribution in [0.15, 0.2) is 36.4 Å². The Bertz CT molecular complexity index is 738. The molecule has 132 valence electrons. The lowest BCUT2D eigenvalue weighted by Crippen LogP contribution is -2.13. The number of hydrogen-bond acceptors (Lipinski definition) is 6. The summed E-state index contributed by atoms with van der Waals surface area (Å²) in [6, 6.07) is 13.4. The summed E-state index contributed by atoms with van der Waals surface area (Å²) >= 11 is 0. The summed E-state index contributed by atoms with van der Waals surface area (Å²) in [4.78, 5) is 10.5. The number of esters is 1. The molecule has 0 saturated carbocycles. The normalized spacial score (nSPS) is 10.4. The van der Waals surface area contributed by atoms with Gasteiger partial charge >= 0.3 is 5.97 Å². The van der Waals surface area contributed by atoms with E-state index in [1.165, 1.54) is 6.92 Å². The van der Waals surface area contributed by atoms with E-state index in [1.807, 2.05) is 30.3 Å². The average molecular weight is 343 g/mol. The zero-order chi connectivity index (χ0) is 17.9. The van der Waals surface area contributed by atoms with Crippen LogP contribution < -0.4 is 4.74 Å². The number of rotatable bonds is 10. The fraction of sp³-hybridized carbons (Fsp3) is 0.368. The van der Waals surface area contributed by atoms with Crippen molar-refractivity contribution in [1.82, 2.24) is 0 Å². The molecule has 0 bridgehead atoms. The van der Waals surface area contributed by atoms with Gasteiger partial charge in [0.15, 0.2) is 0 Å². The minimum Gasteiger partial charge on any atom is -0.491 e.